The number of anilines is 1. The second-order valence-electron chi connectivity index (χ2n) is 6.85. The summed E-state index contributed by atoms with van der Waals surface area (Å²) in [5, 5.41) is 2.83. The Morgan fingerprint density at radius 2 is 1.80 bits per heavy atom. The van der Waals surface area contributed by atoms with E-state index in [1.165, 1.54) is 36.4 Å². The number of hydrogen-bond acceptors (Lipinski definition) is 6. The molecule has 0 saturated heterocycles. The molecule has 0 spiro atoms. The summed E-state index contributed by atoms with van der Waals surface area (Å²) in [6.45, 7) is 7.50. The van der Waals surface area contributed by atoms with Gasteiger partial charge in [-0.05, 0) is 49.1 Å². The lowest BCUT2D eigenvalue weighted by Crippen LogP contribution is -2.13. The first-order valence-corrected chi connectivity index (χ1v) is 10.3. The number of thiophene rings is 1. The third kappa shape index (κ3) is 6.25. The average Bonchev–Trinajstić information content (AvgIpc) is 3.01. The Morgan fingerprint density at radius 3 is 2.40 bits per heavy atom. The van der Waals surface area contributed by atoms with Gasteiger partial charge >= 0.3 is 11.9 Å². The van der Waals surface area contributed by atoms with Gasteiger partial charge in [-0.15, -0.1) is 11.3 Å². The fourth-order valence-corrected chi connectivity index (χ4v) is 3.54. The quantitative estimate of drug-likeness (QED) is 0.476. The lowest BCUT2D eigenvalue weighted by atomic mass is 10.1. The van der Waals surface area contributed by atoms with Crippen LogP contribution in [-0.2, 0) is 14.3 Å². The maximum Gasteiger partial charge on any atom is 0.348 e. The van der Waals surface area contributed by atoms with Gasteiger partial charge in [0, 0.05) is 6.08 Å². The zero-order valence-electron chi connectivity index (χ0n) is 17.3. The zero-order valence-corrected chi connectivity index (χ0v) is 18.1. The molecule has 2 aromatic rings. The van der Waals surface area contributed by atoms with Gasteiger partial charge in [0.1, 0.15) is 15.7 Å². The molecule has 0 atom stereocenters. The van der Waals surface area contributed by atoms with Crippen LogP contribution in [0.25, 0.3) is 6.08 Å². The second-order valence-corrected chi connectivity index (χ2v) is 7.87. The van der Waals surface area contributed by atoms with Crippen molar-refractivity contribution >= 4 is 40.3 Å². The molecule has 1 N–H and O–H groups in total. The van der Waals surface area contributed by atoms with E-state index in [0.717, 1.165) is 11.3 Å². The normalized spacial score (nSPS) is 11.0. The molecule has 160 valence electrons. The first-order chi connectivity index (χ1) is 14.2. The molecule has 6 nitrogen and oxygen atoms in total. The number of amides is 1. The minimum atomic E-state index is -0.632. The summed E-state index contributed by atoms with van der Waals surface area (Å²) >= 11 is 0.961. The van der Waals surface area contributed by atoms with E-state index in [4.69, 9.17) is 9.47 Å². The molecule has 0 aliphatic carbocycles. The van der Waals surface area contributed by atoms with Crippen molar-refractivity contribution in [3.63, 3.8) is 0 Å². The summed E-state index contributed by atoms with van der Waals surface area (Å²) in [5.74, 6) is -1.91. The molecule has 30 heavy (non-hydrogen) atoms. The van der Waals surface area contributed by atoms with Crippen molar-refractivity contribution in [2.24, 2.45) is 5.92 Å². The van der Waals surface area contributed by atoms with Crippen LogP contribution in [0.5, 0.6) is 0 Å². The molecule has 0 unspecified atom stereocenters. The van der Waals surface area contributed by atoms with Crippen LogP contribution in [0.1, 0.15) is 51.9 Å². The smallest absolute Gasteiger partial charge is 0.348 e. The molecule has 0 saturated carbocycles. The minimum absolute atomic E-state index is 0.127. The standard InChI is InChI=1S/C22H24FNO5S/c1-5-28-21(26)18-14(4)19(22(27)29-12-13(2)3)30-20(18)24-17(25)11-8-15-6-9-16(23)10-7-15/h6-11,13H,5,12H2,1-4H3,(H,24,25)/b11-8+. The zero-order chi connectivity index (χ0) is 22.3. The van der Waals surface area contributed by atoms with Crippen molar-refractivity contribution in [1.29, 1.82) is 0 Å². The van der Waals surface area contributed by atoms with E-state index in [-0.39, 0.29) is 40.4 Å². The number of ether oxygens (including phenoxy) is 2. The summed E-state index contributed by atoms with van der Waals surface area (Å²) in [5.41, 5.74) is 1.16. The summed E-state index contributed by atoms with van der Waals surface area (Å²) in [7, 11) is 0. The summed E-state index contributed by atoms with van der Waals surface area (Å²) in [6.07, 6.45) is 2.77. The van der Waals surface area contributed by atoms with Gasteiger partial charge in [-0.2, -0.15) is 0 Å². The maximum atomic E-state index is 13.0. The van der Waals surface area contributed by atoms with Gasteiger partial charge in [-0.3, -0.25) is 4.79 Å². The molecule has 1 heterocycles. The predicted molar refractivity (Wildman–Crippen MR) is 114 cm³/mol. The number of esters is 2. The molecule has 1 aromatic heterocycles. The lowest BCUT2D eigenvalue weighted by Gasteiger charge is -2.06. The third-order valence-corrected chi connectivity index (χ3v) is 5.08. The molecule has 0 aliphatic heterocycles. The molecular weight excluding hydrogens is 409 g/mol. The summed E-state index contributed by atoms with van der Waals surface area (Å²) < 4.78 is 23.3. The Kier molecular flexibility index (Phi) is 8.29. The van der Waals surface area contributed by atoms with E-state index >= 15 is 0 Å². The van der Waals surface area contributed by atoms with Gasteiger partial charge in [0.2, 0.25) is 5.91 Å². The molecule has 0 fully saturated rings. The van der Waals surface area contributed by atoms with Crippen molar-refractivity contribution in [2.45, 2.75) is 27.7 Å². The summed E-state index contributed by atoms with van der Waals surface area (Å²) in [4.78, 5) is 37.4. The Labute approximate surface area is 178 Å². The van der Waals surface area contributed by atoms with Crippen LogP contribution in [0, 0.1) is 18.7 Å². The van der Waals surface area contributed by atoms with E-state index in [2.05, 4.69) is 5.32 Å². The highest BCUT2D eigenvalue weighted by Crippen LogP contribution is 2.34. The van der Waals surface area contributed by atoms with Gasteiger partial charge in [0.05, 0.1) is 18.8 Å². The topological polar surface area (TPSA) is 81.7 Å². The Balaban J connectivity index is 2.26. The highest BCUT2D eigenvalue weighted by molar-refractivity contribution is 7.18. The second kappa shape index (κ2) is 10.7. The first kappa shape index (κ1) is 23.3. The Bertz CT molecular complexity index is 947. The van der Waals surface area contributed by atoms with Crippen LogP contribution in [0.3, 0.4) is 0 Å². The fourth-order valence-electron chi connectivity index (χ4n) is 2.45. The van der Waals surface area contributed by atoms with Crippen molar-refractivity contribution in [1.82, 2.24) is 0 Å². The third-order valence-electron chi connectivity index (χ3n) is 3.89. The molecule has 1 aromatic carbocycles. The molecule has 8 heteroatoms. The van der Waals surface area contributed by atoms with E-state index in [1.54, 1.807) is 13.8 Å². The van der Waals surface area contributed by atoms with Gasteiger partial charge in [0.25, 0.3) is 0 Å². The number of carbonyl (C=O) groups is 3. The van der Waals surface area contributed by atoms with Crippen LogP contribution in [0.4, 0.5) is 9.39 Å². The number of hydrogen-bond donors (Lipinski definition) is 1. The predicted octanol–water partition coefficient (Wildman–Crippen LogP) is 4.84. The van der Waals surface area contributed by atoms with E-state index in [9.17, 15) is 18.8 Å². The maximum absolute atomic E-state index is 13.0. The molecule has 0 radical (unpaired) electrons. The van der Waals surface area contributed by atoms with E-state index < -0.39 is 17.8 Å². The summed E-state index contributed by atoms with van der Waals surface area (Å²) in [6, 6.07) is 5.63. The molecular formula is C22H24FNO5S. The number of carbonyl (C=O) groups excluding carboxylic acids is 3. The van der Waals surface area contributed by atoms with Gasteiger partial charge in [-0.1, -0.05) is 26.0 Å². The van der Waals surface area contributed by atoms with Gasteiger partial charge < -0.3 is 14.8 Å². The fraction of sp³-hybridized carbons (Fsp3) is 0.318. The molecule has 0 bridgehead atoms. The number of rotatable bonds is 8. The van der Waals surface area contributed by atoms with E-state index in [1.807, 2.05) is 13.8 Å². The molecule has 2 rings (SSSR count). The van der Waals surface area contributed by atoms with Crippen LogP contribution >= 0.6 is 11.3 Å². The van der Waals surface area contributed by atoms with Crippen molar-refractivity contribution in [2.75, 3.05) is 18.5 Å². The van der Waals surface area contributed by atoms with Crippen LogP contribution in [0.2, 0.25) is 0 Å². The molecule has 1 amide bonds. The first-order valence-electron chi connectivity index (χ1n) is 9.45. The van der Waals surface area contributed by atoms with Gasteiger partial charge in [0.15, 0.2) is 0 Å². The van der Waals surface area contributed by atoms with Crippen LogP contribution in [-0.4, -0.2) is 31.1 Å². The van der Waals surface area contributed by atoms with Crippen molar-refractivity contribution in [3.8, 4) is 0 Å². The lowest BCUT2D eigenvalue weighted by molar-refractivity contribution is -0.111. The van der Waals surface area contributed by atoms with Crippen molar-refractivity contribution in [3.05, 3.63) is 57.7 Å². The minimum Gasteiger partial charge on any atom is -0.462 e. The Morgan fingerprint density at radius 1 is 1.13 bits per heavy atom. The van der Waals surface area contributed by atoms with Crippen molar-refractivity contribution < 1.29 is 28.2 Å². The van der Waals surface area contributed by atoms with Crippen LogP contribution in [0.15, 0.2) is 30.3 Å². The molecule has 0 aliphatic rings. The number of halogens is 1. The Hall–Kier alpha value is -3.00. The van der Waals surface area contributed by atoms with E-state index in [0.29, 0.717) is 11.1 Å². The highest BCUT2D eigenvalue weighted by Gasteiger charge is 2.27. The number of nitrogens with one attached hydrogen (secondary N) is 1. The van der Waals surface area contributed by atoms with Crippen LogP contribution < -0.4 is 5.32 Å². The SMILES string of the molecule is CCOC(=O)c1c(NC(=O)/C=C/c2ccc(F)cc2)sc(C(=O)OCC(C)C)c1C. The average molecular weight is 434 g/mol. The largest absolute Gasteiger partial charge is 0.462 e. The monoisotopic (exact) mass is 433 g/mol. The highest BCUT2D eigenvalue weighted by atomic mass is 32.1. The van der Waals surface area contributed by atoms with Gasteiger partial charge in [-0.25, -0.2) is 14.0 Å². The number of benzene rings is 1.